The lowest BCUT2D eigenvalue weighted by atomic mass is 10.1. The van der Waals surface area contributed by atoms with Gasteiger partial charge < -0.3 is 10.6 Å². The molecule has 27 heavy (non-hydrogen) atoms. The normalized spacial score (nSPS) is 13.1. The third kappa shape index (κ3) is 6.95. The Morgan fingerprint density at radius 3 is 2.56 bits per heavy atom. The van der Waals surface area contributed by atoms with Gasteiger partial charge in [0, 0.05) is 24.9 Å². The van der Waals surface area contributed by atoms with Crippen molar-refractivity contribution >= 4 is 41.3 Å². The average Bonchev–Trinajstić information content (AvgIpc) is 2.90. The molecule has 1 unspecified atom stereocenters. The summed E-state index contributed by atoms with van der Waals surface area (Å²) in [4.78, 5) is 9.76. The molecule has 0 radical (unpaired) electrons. The predicted octanol–water partition coefficient (Wildman–Crippen LogP) is 4.87. The molecule has 4 nitrogen and oxygen atoms in total. The second kappa shape index (κ2) is 10.3. The van der Waals surface area contributed by atoms with Crippen molar-refractivity contribution in [3.8, 4) is 0 Å². The molecule has 2 rings (SSSR count). The van der Waals surface area contributed by atoms with E-state index in [9.17, 15) is 13.2 Å². The molecule has 2 N–H and O–H groups in total. The number of aliphatic imine (C=N–C) groups is 1. The van der Waals surface area contributed by atoms with E-state index in [1.54, 1.807) is 31.4 Å². The largest absolute Gasteiger partial charge is 0.416 e. The summed E-state index contributed by atoms with van der Waals surface area (Å²) in [5, 5.41) is 7.36. The van der Waals surface area contributed by atoms with Gasteiger partial charge in [0.1, 0.15) is 0 Å². The molecule has 0 aliphatic rings. The molecule has 1 aromatic carbocycles. The van der Waals surface area contributed by atoms with Gasteiger partial charge >= 0.3 is 6.18 Å². The van der Waals surface area contributed by atoms with Crippen LogP contribution in [0.4, 0.5) is 13.2 Å². The van der Waals surface area contributed by atoms with Crippen molar-refractivity contribution in [3.05, 3.63) is 51.0 Å². The zero-order valence-corrected chi connectivity index (χ0v) is 18.8. The van der Waals surface area contributed by atoms with Gasteiger partial charge in [0.2, 0.25) is 0 Å². The number of hydrogen-bond acceptors (Lipinski definition) is 3. The maximum Gasteiger partial charge on any atom is 0.416 e. The number of aryl methyl sites for hydroxylation is 2. The molecule has 0 fully saturated rings. The molecule has 0 saturated carbocycles. The summed E-state index contributed by atoms with van der Waals surface area (Å²) in [6, 6.07) is 5.01. The number of nitrogens with one attached hydrogen (secondary N) is 2. The molecule has 2 aromatic rings. The third-order valence-electron chi connectivity index (χ3n) is 3.93. The van der Waals surface area contributed by atoms with E-state index in [1.807, 2.05) is 13.8 Å². The molecule has 1 aromatic heterocycles. The zero-order chi connectivity index (χ0) is 19.3. The Hall–Kier alpha value is -1.36. The Morgan fingerprint density at radius 2 is 2.00 bits per heavy atom. The first-order chi connectivity index (χ1) is 12.2. The van der Waals surface area contributed by atoms with E-state index in [0.717, 1.165) is 29.3 Å². The van der Waals surface area contributed by atoms with Crippen LogP contribution in [0.3, 0.4) is 0 Å². The van der Waals surface area contributed by atoms with E-state index in [2.05, 4.69) is 20.6 Å². The molecule has 0 aliphatic heterocycles. The van der Waals surface area contributed by atoms with Gasteiger partial charge in [-0.1, -0.05) is 12.1 Å². The molecule has 0 saturated heterocycles. The smallest absolute Gasteiger partial charge is 0.356 e. The number of nitrogens with zero attached hydrogens (tertiary/aromatic N) is 2. The topological polar surface area (TPSA) is 49.3 Å². The molecule has 0 bridgehead atoms. The number of thiazole rings is 1. The van der Waals surface area contributed by atoms with Crippen LogP contribution in [0.2, 0.25) is 0 Å². The van der Waals surface area contributed by atoms with E-state index in [-0.39, 0.29) is 30.0 Å². The summed E-state index contributed by atoms with van der Waals surface area (Å²) >= 11 is 1.67. The maximum absolute atomic E-state index is 12.9. The summed E-state index contributed by atoms with van der Waals surface area (Å²) in [6.07, 6.45) is -3.53. The molecule has 1 heterocycles. The Bertz CT molecular complexity index is 774. The van der Waals surface area contributed by atoms with Crippen molar-refractivity contribution in [3.63, 3.8) is 0 Å². The number of hydrogen-bond donors (Lipinski definition) is 2. The fourth-order valence-corrected chi connectivity index (χ4v) is 3.50. The van der Waals surface area contributed by atoms with Crippen LogP contribution in [0.1, 0.15) is 39.7 Å². The number of rotatable bonds is 5. The molecule has 150 valence electrons. The second-order valence-electron chi connectivity index (χ2n) is 5.98. The highest BCUT2D eigenvalue weighted by molar-refractivity contribution is 14.0. The van der Waals surface area contributed by atoms with Gasteiger partial charge in [-0.15, -0.1) is 35.3 Å². The van der Waals surface area contributed by atoms with Crippen LogP contribution in [-0.2, 0) is 12.6 Å². The van der Waals surface area contributed by atoms with Crippen molar-refractivity contribution in [2.24, 2.45) is 4.99 Å². The van der Waals surface area contributed by atoms with Gasteiger partial charge in [0.15, 0.2) is 5.96 Å². The van der Waals surface area contributed by atoms with Crippen molar-refractivity contribution in [2.45, 2.75) is 39.4 Å². The SMILES string of the molecule is CN=C(NCCc1sc(C)nc1C)NC(C)c1cccc(C(F)(F)F)c1.I. The molecule has 0 aliphatic carbocycles. The zero-order valence-electron chi connectivity index (χ0n) is 15.6. The van der Waals surface area contributed by atoms with E-state index in [1.165, 1.54) is 10.9 Å². The van der Waals surface area contributed by atoms with E-state index >= 15 is 0 Å². The number of guanidine groups is 1. The Labute approximate surface area is 178 Å². The van der Waals surface area contributed by atoms with Crippen LogP contribution < -0.4 is 10.6 Å². The predicted molar refractivity (Wildman–Crippen MR) is 115 cm³/mol. The molecular formula is C18H24F3IN4S. The van der Waals surface area contributed by atoms with Gasteiger partial charge in [0.25, 0.3) is 0 Å². The summed E-state index contributed by atoms with van der Waals surface area (Å²) in [6.45, 7) is 6.43. The van der Waals surface area contributed by atoms with Gasteiger partial charge in [-0.05, 0) is 38.5 Å². The minimum atomic E-state index is -4.35. The maximum atomic E-state index is 12.9. The third-order valence-corrected chi connectivity index (χ3v) is 5.07. The highest BCUT2D eigenvalue weighted by Crippen LogP contribution is 2.30. The lowest BCUT2D eigenvalue weighted by molar-refractivity contribution is -0.137. The van der Waals surface area contributed by atoms with Crippen LogP contribution in [0.25, 0.3) is 0 Å². The lowest BCUT2D eigenvalue weighted by Crippen LogP contribution is -2.39. The first-order valence-electron chi connectivity index (χ1n) is 8.28. The van der Waals surface area contributed by atoms with Crippen molar-refractivity contribution in [1.82, 2.24) is 15.6 Å². The summed E-state index contributed by atoms with van der Waals surface area (Å²) in [5.74, 6) is 0.550. The van der Waals surface area contributed by atoms with E-state index in [0.29, 0.717) is 18.1 Å². The van der Waals surface area contributed by atoms with Crippen LogP contribution in [0.5, 0.6) is 0 Å². The van der Waals surface area contributed by atoms with Gasteiger partial charge in [-0.3, -0.25) is 4.99 Å². The summed E-state index contributed by atoms with van der Waals surface area (Å²) in [5.41, 5.74) is 0.939. The number of halogens is 4. The van der Waals surface area contributed by atoms with Crippen LogP contribution >= 0.6 is 35.3 Å². The van der Waals surface area contributed by atoms with Crippen molar-refractivity contribution in [2.75, 3.05) is 13.6 Å². The lowest BCUT2D eigenvalue weighted by Gasteiger charge is -2.19. The van der Waals surface area contributed by atoms with E-state index < -0.39 is 11.7 Å². The minimum absolute atomic E-state index is 0. The van der Waals surface area contributed by atoms with Crippen LogP contribution in [0, 0.1) is 13.8 Å². The molecule has 9 heteroatoms. The van der Waals surface area contributed by atoms with Gasteiger partial charge in [-0.2, -0.15) is 13.2 Å². The summed E-state index contributed by atoms with van der Waals surface area (Å²) in [7, 11) is 1.64. The number of aromatic nitrogens is 1. The Morgan fingerprint density at radius 1 is 1.30 bits per heavy atom. The first kappa shape index (κ1) is 23.7. The quantitative estimate of drug-likeness (QED) is 0.342. The first-order valence-corrected chi connectivity index (χ1v) is 9.09. The average molecular weight is 512 g/mol. The number of benzene rings is 1. The van der Waals surface area contributed by atoms with Crippen molar-refractivity contribution in [1.29, 1.82) is 0 Å². The van der Waals surface area contributed by atoms with Gasteiger partial charge in [-0.25, -0.2) is 4.98 Å². The van der Waals surface area contributed by atoms with E-state index in [4.69, 9.17) is 0 Å². The van der Waals surface area contributed by atoms with Crippen molar-refractivity contribution < 1.29 is 13.2 Å². The highest BCUT2D eigenvalue weighted by Gasteiger charge is 2.30. The highest BCUT2D eigenvalue weighted by atomic mass is 127. The fraction of sp³-hybridized carbons (Fsp3) is 0.444. The monoisotopic (exact) mass is 512 g/mol. The van der Waals surface area contributed by atoms with Crippen LogP contribution in [-0.4, -0.2) is 24.5 Å². The Balaban J connectivity index is 0.00000364. The molecule has 0 spiro atoms. The van der Waals surface area contributed by atoms with Crippen LogP contribution in [0.15, 0.2) is 29.3 Å². The fourth-order valence-electron chi connectivity index (χ4n) is 2.57. The Kier molecular flexibility index (Phi) is 9.00. The number of alkyl halides is 3. The standard InChI is InChI=1S/C18H23F3N4S.HI/c1-11(14-6-5-7-15(10-14)18(19,20)21)25-17(22-4)23-9-8-16-12(2)24-13(3)26-16;/h5-7,10-11H,8-9H2,1-4H3,(H2,22,23,25);1H. The molecule has 0 amide bonds. The molecular weight excluding hydrogens is 488 g/mol. The molecule has 1 atom stereocenters. The summed E-state index contributed by atoms with van der Waals surface area (Å²) < 4.78 is 38.6. The van der Waals surface area contributed by atoms with Gasteiger partial charge in [0.05, 0.1) is 22.3 Å². The second-order valence-corrected chi connectivity index (χ2v) is 7.27. The minimum Gasteiger partial charge on any atom is -0.356 e.